The number of aromatic nitrogens is 2. The van der Waals surface area contributed by atoms with Gasteiger partial charge in [0, 0.05) is 6.42 Å². The SMILES string of the molecule is CCCCc1nnc(NC(=O)CN2C(=O)C(=Cc3ccc(OC)c(OC)c3)SC2=S)s1. The molecule has 2 heterocycles. The van der Waals surface area contributed by atoms with E-state index in [1.807, 2.05) is 6.07 Å². The van der Waals surface area contributed by atoms with Crippen LogP contribution in [0.25, 0.3) is 6.08 Å². The van der Waals surface area contributed by atoms with Gasteiger partial charge in [0.1, 0.15) is 15.9 Å². The molecule has 1 aliphatic rings. The normalized spacial score (nSPS) is 14.9. The van der Waals surface area contributed by atoms with E-state index in [1.165, 1.54) is 16.2 Å². The van der Waals surface area contributed by atoms with Crippen LogP contribution < -0.4 is 14.8 Å². The van der Waals surface area contributed by atoms with Gasteiger partial charge in [-0.05, 0) is 30.2 Å². The van der Waals surface area contributed by atoms with Crippen molar-refractivity contribution in [3.8, 4) is 11.5 Å². The number of amides is 2. The average molecular weight is 479 g/mol. The molecule has 1 aromatic carbocycles. The Morgan fingerprint density at radius 2 is 2.03 bits per heavy atom. The van der Waals surface area contributed by atoms with Gasteiger partial charge in [-0.3, -0.25) is 19.8 Å². The van der Waals surface area contributed by atoms with E-state index < -0.39 is 0 Å². The summed E-state index contributed by atoms with van der Waals surface area (Å²) in [5.41, 5.74) is 0.760. The van der Waals surface area contributed by atoms with Gasteiger partial charge in [0.15, 0.2) is 11.5 Å². The number of nitrogens with zero attached hydrogens (tertiary/aromatic N) is 3. The monoisotopic (exact) mass is 478 g/mol. The molecule has 1 saturated heterocycles. The second-order valence-electron chi connectivity index (χ2n) is 6.53. The van der Waals surface area contributed by atoms with Gasteiger partial charge in [0.05, 0.1) is 19.1 Å². The van der Waals surface area contributed by atoms with Gasteiger partial charge in [-0.2, -0.15) is 0 Å². The lowest BCUT2D eigenvalue weighted by molar-refractivity contribution is -0.126. The topological polar surface area (TPSA) is 93.7 Å². The van der Waals surface area contributed by atoms with Gasteiger partial charge in [-0.1, -0.05) is 54.7 Å². The summed E-state index contributed by atoms with van der Waals surface area (Å²) in [6.45, 7) is 1.92. The molecule has 1 aliphatic heterocycles. The Morgan fingerprint density at radius 1 is 1.26 bits per heavy atom. The zero-order chi connectivity index (χ0) is 22.4. The highest BCUT2D eigenvalue weighted by Gasteiger charge is 2.33. The summed E-state index contributed by atoms with van der Waals surface area (Å²) in [7, 11) is 3.10. The summed E-state index contributed by atoms with van der Waals surface area (Å²) in [6.07, 6.45) is 4.63. The van der Waals surface area contributed by atoms with Crippen LogP contribution in [-0.2, 0) is 16.0 Å². The van der Waals surface area contributed by atoms with Crippen molar-refractivity contribution < 1.29 is 19.1 Å². The average Bonchev–Trinajstić information content (AvgIpc) is 3.31. The highest BCUT2D eigenvalue weighted by molar-refractivity contribution is 8.26. The molecule has 0 atom stereocenters. The molecule has 1 N–H and O–H groups in total. The quantitative estimate of drug-likeness (QED) is 0.430. The minimum absolute atomic E-state index is 0.183. The molecular formula is C20H22N4O4S3. The first kappa shape index (κ1) is 23.2. The van der Waals surface area contributed by atoms with E-state index in [2.05, 4.69) is 22.4 Å². The van der Waals surface area contributed by atoms with Crippen molar-refractivity contribution in [2.45, 2.75) is 26.2 Å². The lowest BCUT2D eigenvalue weighted by Gasteiger charge is -2.13. The molecule has 11 heteroatoms. The van der Waals surface area contributed by atoms with Crippen molar-refractivity contribution in [3.05, 3.63) is 33.7 Å². The molecule has 2 amide bonds. The number of benzene rings is 1. The van der Waals surface area contributed by atoms with E-state index in [-0.39, 0.29) is 18.4 Å². The van der Waals surface area contributed by atoms with Gasteiger partial charge in [0.25, 0.3) is 5.91 Å². The lowest BCUT2D eigenvalue weighted by atomic mass is 10.2. The molecule has 0 aliphatic carbocycles. The van der Waals surface area contributed by atoms with Crippen LogP contribution in [0.3, 0.4) is 0 Å². The van der Waals surface area contributed by atoms with E-state index in [4.69, 9.17) is 21.7 Å². The molecule has 0 spiro atoms. The van der Waals surface area contributed by atoms with Crippen molar-refractivity contribution in [2.75, 3.05) is 26.1 Å². The third-order valence-corrected chi connectivity index (χ3v) is 6.61. The predicted octanol–water partition coefficient (Wildman–Crippen LogP) is 3.74. The van der Waals surface area contributed by atoms with Gasteiger partial charge in [-0.15, -0.1) is 10.2 Å². The fourth-order valence-electron chi connectivity index (χ4n) is 2.77. The maximum absolute atomic E-state index is 12.8. The van der Waals surface area contributed by atoms with Crippen LogP contribution in [0.1, 0.15) is 30.3 Å². The molecule has 31 heavy (non-hydrogen) atoms. The molecule has 3 rings (SSSR count). The van der Waals surface area contributed by atoms with Crippen LogP contribution in [-0.4, -0.2) is 52.0 Å². The number of hydrogen-bond acceptors (Lipinski definition) is 9. The van der Waals surface area contributed by atoms with Crippen LogP contribution in [0.2, 0.25) is 0 Å². The Kier molecular flexibility index (Phi) is 7.99. The maximum Gasteiger partial charge on any atom is 0.266 e. The minimum Gasteiger partial charge on any atom is -0.493 e. The van der Waals surface area contributed by atoms with Gasteiger partial charge < -0.3 is 9.47 Å². The number of aryl methyl sites for hydroxylation is 1. The van der Waals surface area contributed by atoms with Crippen molar-refractivity contribution in [1.82, 2.24) is 15.1 Å². The number of thioether (sulfide) groups is 1. The Hall–Kier alpha value is -2.50. The first-order valence-corrected chi connectivity index (χ1v) is 11.6. The zero-order valence-electron chi connectivity index (χ0n) is 17.3. The number of nitrogens with one attached hydrogen (secondary N) is 1. The standard InChI is InChI=1S/C20H22N4O4S3/c1-4-5-6-17-22-23-19(31-17)21-16(25)11-24-18(26)15(30-20(24)29)10-12-7-8-13(27-2)14(9-12)28-3/h7-10H,4-6,11H2,1-3H3,(H,21,23,25). The van der Waals surface area contributed by atoms with Crippen LogP contribution in [0.15, 0.2) is 23.1 Å². The zero-order valence-corrected chi connectivity index (χ0v) is 19.8. The summed E-state index contributed by atoms with van der Waals surface area (Å²) in [6, 6.07) is 5.34. The Morgan fingerprint density at radius 3 is 2.74 bits per heavy atom. The van der Waals surface area contributed by atoms with Crippen molar-refractivity contribution in [2.24, 2.45) is 0 Å². The van der Waals surface area contributed by atoms with E-state index in [0.29, 0.717) is 25.9 Å². The third-order valence-electron chi connectivity index (χ3n) is 4.34. The number of methoxy groups -OCH3 is 2. The number of ether oxygens (including phenoxy) is 2. The van der Waals surface area contributed by atoms with Gasteiger partial charge in [-0.25, -0.2) is 0 Å². The first-order chi connectivity index (χ1) is 14.9. The molecule has 1 aromatic heterocycles. The fourth-order valence-corrected chi connectivity index (χ4v) is 4.82. The van der Waals surface area contributed by atoms with Crippen LogP contribution >= 0.6 is 35.3 Å². The lowest BCUT2D eigenvalue weighted by Crippen LogP contribution is -2.36. The summed E-state index contributed by atoms with van der Waals surface area (Å²) in [5, 5.41) is 12.0. The van der Waals surface area contributed by atoms with E-state index >= 15 is 0 Å². The molecule has 0 radical (unpaired) electrons. The minimum atomic E-state index is -0.373. The van der Waals surface area contributed by atoms with Crippen LogP contribution in [0.5, 0.6) is 11.5 Å². The summed E-state index contributed by atoms with van der Waals surface area (Å²) in [4.78, 5) is 26.9. The Balaban J connectivity index is 1.65. The van der Waals surface area contributed by atoms with Crippen molar-refractivity contribution >= 4 is 62.7 Å². The van der Waals surface area contributed by atoms with E-state index in [0.717, 1.165) is 41.6 Å². The Labute approximate surface area is 194 Å². The summed E-state index contributed by atoms with van der Waals surface area (Å²) in [5.74, 6) is 0.461. The molecule has 2 aromatic rings. The van der Waals surface area contributed by atoms with Gasteiger partial charge in [0.2, 0.25) is 11.0 Å². The molecular weight excluding hydrogens is 456 g/mol. The molecule has 0 bridgehead atoms. The summed E-state index contributed by atoms with van der Waals surface area (Å²) < 4.78 is 10.9. The maximum atomic E-state index is 12.8. The van der Waals surface area contributed by atoms with E-state index in [1.54, 1.807) is 32.4 Å². The van der Waals surface area contributed by atoms with Crippen molar-refractivity contribution in [3.63, 3.8) is 0 Å². The first-order valence-electron chi connectivity index (χ1n) is 9.54. The summed E-state index contributed by atoms with van der Waals surface area (Å²) >= 11 is 7.80. The molecule has 164 valence electrons. The number of unbranched alkanes of at least 4 members (excludes halogenated alkanes) is 1. The number of rotatable bonds is 9. The number of carbonyl (C=O) groups excluding carboxylic acids is 2. The van der Waals surface area contributed by atoms with Crippen LogP contribution in [0, 0.1) is 0 Å². The molecule has 1 fully saturated rings. The molecule has 0 saturated carbocycles. The molecule has 8 nitrogen and oxygen atoms in total. The largest absolute Gasteiger partial charge is 0.493 e. The predicted molar refractivity (Wildman–Crippen MR) is 127 cm³/mol. The smallest absolute Gasteiger partial charge is 0.266 e. The number of anilines is 1. The van der Waals surface area contributed by atoms with Crippen LogP contribution in [0.4, 0.5) is 5.13 Å². The number of thiocarbonyl (C=S) groups is 1. The number of carbonyl (C=O) groups is 2. The highest BCUT2D eigenvalue weighted by atomic mass is 32.2. The number of hydrogen-bond donors (Lipinski definition) is 1. The second-order valence-corrected chi connectivity index (χ2v) is 9.27. The third kappa shape index (κ3) is 5.81. The Bertz CT molecular complexity index is 1020. The highest BCUT2D eigenvalue weighted by Crippen LogP contribution is 2.34. The molecule has 0 unspecified atom stereocenters. The fraction of sp³-hybridized carbons (Fsp3) is 0.350. The van der Waals surface area contributed by atoms with Gasteiger partial charge >= 0.3 is 0 Å². The van der Waals surface area contributed by atoms with E-state index in [9.17, 15) is 9.59 Å². The second kappa shape index (κ2) is 10.7. The van der Waals surface area contributed by atoms with Crippen molar-refractivity contribution in [1.29, 1.82) is 0 Å².